The lowest BCUT2D eigenvalue weighted by Gasteiger charge is -2.36. The molecular formula is C17H19N3O. The van der Waals surface area contributed by atoms with Crippen molar-refractivity contribution in [2.75, 3.05) is 11.4 Å². The number of anilines is 1. The van der Waals surface area contributed by atoms with E-state index in [0.29, 0.717) is 0 Å². The maximum absolute atomic E-state index is 11.4. The summed E-state index contributed by atoms with van der Waals surface area (Å²) in [5.41, 5.74) is 3.77. The third-order valence-corrected chi connectivity index (χ3v) is 3.77. The molecular weight excluding hydrogens is 262 g/mol. The molecule has 1 N–H and O–H groups in total. The second-order valence-corrected chi connectivity index (χ2v) is 5.47. The first-order valence-electron chi connectivity index (χ1n) is 7.21. The summed E-state index contributed by atoms with van der Waals surface area (Å²) in [6.45, 7) is 3.24. The molecule has 3 rings (SSSR count). The van der Waals surface area contributed by atoms with Crippen molar-refractivity contribution in [1.29, 1.82) is 0 Å². The van der Waals surface area contributed by atoms with Crippen LogP contribution in [0.2, 0.25) is 0 Å². The van der Waals surface area contributed by atoms with E-state index in [1.807, 2.05) is 24.5 Å². The number of carbonyl (C=O) groups is 1. The van der Waals surface area contributed by atoms with Gasteiger partial charge in [0.15, 0.2) is 0 Å². The van der Waals surface area contributed by atoms with Gasteiger partial charge in [-0.15, -0.1) is 0 Å². The molecule has 4 heteroatoms. The number of nitrogens with zero attached hydrogens (tertiary/aromatic N) is 2. The quantitative estimate of drug-likeness (QED) is 0.937. The fraction of sp³-hybridized carbons (Fsp3) is 0.294. The van der Waals surface area contributed by atoms with Crippen LogP contribution in [0.1, 0.15) is 18.1 Å². The van der Waals surface area contributed by atoms with Gasteiger partial charge in [0.25, 0.3) is 0 Å². The number of hydrogen-bond donors (Lipinski definition) is 1. The van der Waals surface area contributed by atoms with Gasteiger partial charge in [-0.1, -0.05) is 18.2 Å². The normalized spacial score (nSPS) is 17.2. The Morgan fingerprint density at radius 2 is 2.05 bits per heavy atom. The van der Waals surface area contributed by atoms with Crippen molar-refractivity contribution in [2.24, 2.45) is 0 Å². The molecule has 0 bridgehead atoms. The van der Waals surface area contributed by atoms with Gasteiger partial charge in [-0.25, -0.2) is 0 Å². The molecule has 1 aliphatic heterocycles. The lowest BCUT2D eigenvalue weighted by atomic mass is 9.97. The van der Waals surface area contributed by atoms with Crippen molar-refractivity contribution in [1.82, 2.24) is 10.3 Å². The number of pyridine rings is 1. The minimum Gasteiger partial charge on any atom is -0.365 e. The second kappa shape index (κ2) is 5.95. The molecule has 1 aromatic heterocycles. The number of nitrogens with one attached hydrogen (secondary N) is 1. The van der Waals surface area contributed by atoms with E-state index < -0.39 is 0 Å². The molecule has 1 aliphatic rings. The van der Waals surface area contributed by atoms with Gasteiger partial charge in [0.2, 0.25) is 5.91 Å². The van der Waals surface area contributed by atoms with Crippen LogP contribution in [0.25, 0.3) is 0 Å². The minimum absolute atomic E-state index is 0.0308. The Labute approximate surface area is 124 Å². The first-order valence-corrected chi connectivity index (χ1v) is 7.21. The van der Waals surface area contributed by atoms with Gasteiger partial charge in [-0.05, 0) is 35.7 Å². The molecule has 2 aromatic rings. The summed E-state index contributed by atoms with van der Waals surface area (Å²) >= 11 is 0. The topological polar surface area (TPSA) is 45.2 Å². The molecule has 108 valence electrons. The molecule has 0 radical (unpaired) electrons. The van der Waals surface area contributed by atoms with E-state index >= 15 is 0 Å². The molecule has 1 atom stereocenters. The number of fused-ring (bicyclic) bond motifs is 1. The molecule has 0 saturated heterocycles. The molecule has 0 fully saturated rings. The van der Waals surface area contributed by atoms with Gasteiger partial charge >= 0.3 is 0 Å². The van der Waals surface area contributed by atoms with Crippen LogP contribution in [0.15, 0.2) is 48.8 Å². The van der Waals surface area contributed by atoms with Crippen LogP contribution in [0.5, 0.6) is 0 Å². The highest BCUT2D eigenvalue weighted by atomic mass is 16.1. The smallest absolute Gasteiger partial charge is 0.217 e. The van der Waals surface area contributed by atoms with Crippen LogP contribution in [0, 0.1) is 0 Å². The summed E-state index contributed by atoms with van der Waals surface area (Å²) in [6, 6.07) is 12.6. The van der Waals surface area contributed by atoms with E-state index in [1.165, 1.54) is 16.8 Å². The van der Waals surface area contributed by atoms with Crippen molar-refractivity contribution in [3.63, 3.8) is 0 Å². The van der Waals surface area contributed by atoms with Gasteiger partial charge in [-0.2, -0.15) is 0 Å². The Kier molecular flexibility index (Phi) is 3.86. The number of rotatable bonds is 3. The zero-order chi connectivity index (χ0) is 14.7. The van der Waals surface area contributed by atoms with Crippen molar-refractivity contribution >= 4 is 11.6 Å². The lowest BCUT2D eigenvalue weighted by Crippen LogP contribution is -2.47. The van der Waals surface area contributed by atoms with Gasteiger partial charge in [0, 0.05) is 38.1 Å². The number of hydrogen-bond acceptors (Lipinski definition) is 3. The summed E-state index contributed by atoms with van der Waals surface area (Å²) in [5, 5.41) is 3.05. The molecule has 21 heavy (non-hydrogen) atoms. The highest BCUT2D eigenvalue weighted by Crippen LogP contribution is 2.28. The number of para-hydroxylation sites is 1. The average Bonchev–Trinajstić information content (AvgIpc) is 2.47. The zero-order valence-corrected chi connectivity index (χ0v) is 12.1. The average molecular weight is 281 g/mol. The monoisotopic (exact) mass is 281 g/mol. The minimum atomic E-state index is 0.0308. The SMILES string of the molecule is CC(=O)NC1Cc2ccccc2N(Cc2ccncc2)C1. The van der Waals surface area contributed by atoms with E-state index in [0.717, 1.165) is 19.5 Å². The van der Waals surface area contributed by atoms with Crippen LogP contribution < -0.4 is 10.2 Å². The number of benzene rings is 1. The standard InChI is InChI=1S/C17H19N3O/c1-13(21)19-16-10-15-4-2-3-5-17(15)20(12-16)11-14-6-8-18-9-7-14/h2-9,16H,10-12H2,1H3,(H,19,21). The number of carbonyl (C=O) groups excluding carboxylic acids is 1. The maximum atomic E-state index is 11.4. The van der Waals surface area contributed by atoms with E-state index in [-0.39, 0.29) is 11.9 Å². The van der Waals surface area contributed by atoms with Gasteiger partial charge in [0.05, 0.1) is 6.04 Å². The summed E-state index contributed by atoms with van der Waals surface area (Å²) < 4.78 is 0. The first kappa shape index (κ1) is 13.6. The molecule has 1 unspecified atom stereocenters. The van der Waals surface area contributed by atoms with Crippen LogP contribution in [0.3, 0.4) is 0 Å². The Morgan fingerprint density at radius 3 is 2.81 bits per heavy atom. The third-order valence-electron chi connectivity index (χ3n) is 3.77. The van der Waals surface area contributed by atoms with Crippen LogP contribution in [-0.4, -0.2) is 23.5 Å². The van der Waals surface area contributed by atoms with E-state index in [1.54, 1.807) is 6.92 Å². The lowest BCUT2D eigenvalue weighted by molar-refractivity contribution is -0.119. The van der Waals surface area contributed by atoms with Gasteiger partial charge in [0.1, 0.15) is 0 Å². The molecule has 0 spiro atoms. The Bertz CT molecular complexity index is 627. The largest absolute Gasteiger partial charge is 0.365 e. The van der Waals surface area contributed by atoms with Gasteiger partial charge < -0.3 is 10.2 Å². The fourth-order valence-corrected chi connectivity index (χ4v) is 2.93. The van der Waals surface area contributed by atoms with Crippen molar-refractivity contribution in [3.05, 3.63) is 59.9 Å². The van der Waals surface area contributed by atoms with Crippen LogP contribution >= 0.6 is 0 Å². The summed E-state index contributed by atoms with van der Waals surface area (Å²) in [6.07, 6.45) is 4.52. The fourth-order valence-electron chi connectivity index (χ4n) is 2.93. The Hall–Kier alpha value is -2.36. The molecule has 0 saturated carbocycles. The predicted octanol–water partition coefficient (Wildman–Crippen LogP) is 2.15. The summed E-state index contributed by atoms with van der Waals surface area (Å²) in [7, 11) is 0. The van der Waals surface area contributed by atoms with E-state index in [4.69, 9.17) is 0 Å². The molecule has 2 heterocycles. The van der Waals surface area contributed by atoms with Gasteiger partial charge in [-0.3, -0.25) is 9.78 Å². The zero-order valence-electron chi connectivity index (χ0n) is 12.1. The second-order valence-electron chi connectivity index (χ2n) is 5.47. The highest BCUT2D eigenvalue weighted by molar-refractivity contribution is 5.73. The van der Waals surface area contributed by atoms with Crippen LogP contribution in [-0.2, 0) is 17.8 Å². The van der Waals surface area contributed by atoms with E-state index in [9.17, 15) is 4.79 Å². The van der Waals surface area contributed by atoms with Crippen molar-refractivity contribution < 1.29 is 4.79 Å². The summed E-state index contributed by atoms with van der Waals surface area (Å²) in [4.78, 5) is 17.7. The molecule has 0 aliphatic carbocycles. The Balaban J connectivity index is 1.85. The van der Waals surface area contributed by atoms with Crippen LogP contribution in [0.4, 0.5) is 5.69 Å². The molecule has 1 aromatic carbocycles. The molecule has 1 amide bonds. The third kappa shape index (κ3) is 3.21. The summed E-state index contributed by atoms with van der Waals surface area (Å²) in [5.74, 6) is 0.0308. The maximum Gasteiger partial charge on any atom is 0.217 e. The Morgan fingerprint density at radius 1 is 1.29 bits per heavy atom. The van der Waals surface area contributed by atoms with Crippen molar-refractivity contribution in [2.45, 2.75) is 25.9 Å². The molecule has 4 nitrogen and oxygen atoms in total. The predicted molar refractivity (Wildman–Crippen MR) is 83.0 cm³/mol. The first-order chi connectivity index (χ1) is 10.2. The van der Waals surface area contributed by atoms with E-state index in [2.05, 4.69) is 39.5 Å². The number of amides is 1. The van der Waals surface area contributed by atoms with Crippen molar-refractivity contribution in [3.8, 4) is 0 Å². The number of aromatic nitrogens is 1. The highest BCUT2D eigenvalue weighted by Gasteiger charge is 2.24.